The van der Waals surface area contributed by atoms with E-state index < -0.39 is 12.0 Å². The van der Waals surface area contributed by atoms with Crippen LogP contribution in [-0.4, -0.2) is 62.6 Å². The van der Waals surface area contributed by atoms with Crippen LogP contribution in [0.1, 0.15) is 54.4 Å². The summed E-state index contributed by atoms with van der Waals surface area (Å²) in [6, 6.07) is 17.6. The molecular formula is C33H39ClN8O4. The predicted molar refractivity (Wildman–Crippen MR) is 176 cm³/mol. The lowest BCUT2D eigenvalue weighted by Crippen LogP contribution is -2.48. The first kappa shape index (κ1) is 34.2. The van der Waals surface area contributed by atoms with E-state index in [4.69, 9.17) is 10.5 Å². The van der Waals surface area contributed by atoms with Gasteiger partial charge in [-0.15, -0.1) is 22.6 Å². The number of benzene rings is 2. The number of nitrogens with zero attached hydrogens (tertiary/aromatic N) is 4. The van der Waals surface area contributed by atoms with Crippen LogP contribution in [0, 0.1) is 18.8 Å². The summed E-state index contributed by atoms with van der Waals surface area (Å²) in [4.78, 5) is 43.4. The average Bonchev–Trinajstić information content (AvgIpc) is 3.60. The van der Waals surface area contributed by atoms with Crippen molar-refractivity contribution < 1.29 is 19.1 Å². The van der Waals surface area contributed by atoms with Crippen LogP contribution in [0.4, 0.5) is 5.69 Å². The van der Waals surface area contributed by atoms with Gasteiger partial charge < -0.3 is 21.1 Å². The Balaban J connectivity index is 0.00000480. The number of pyridine rings is 1. The SMILES string of the molecule is CCOC(=O)c1ccc(-c2ccc(C[C@H](NC(=O)[C@H]3CC[C@H](CN)CC3)C(=O)Nc3ccc(-c4nn[nH]n4)cc3)cc2)c(C)n1.Cl. The van der Waals surface area contributed by atoms with Crippen LogP contribution in [0.25, 0.3) is 22.5 Å². The summed E-state index contributed by atoms with van der Waals surface area (Å²) in [7, 11) is 0. The number of ether oxygens (including phenoxy) is 1. The largest absolute Gasteiger partial charge is 0.461 e. The lowest BCUT2D eigenvalue weighted by molar-refractivity contribution is -0.130. The highest BCUT2D eigenvalue weighted by atomic mass is 35.5. The van der Waals surface area contributed by atoms with Gasteiger partial charge in [0.1, 0.15) is 11.7 Å². The van der Waals surface area contributed by atoms with Gasteiger partial charge in [-0.25, -0.2) is 9.78 Å². The number of aromatic amines is 1. The van der Waals surface area contributed by atoms with Crippen LogP contribution in [-0.2, 0) is 20.7 Å². The van der Waals surface area contributed by atoms with Crippen molar-refractivity contribution in [2.75, 3.05) is 18.5 Å². The van der Waals surface area contributed by atoms with Crippen LogP contribution in [0.3, 0.4) is 0 Å². The average molecular weight is 647 g/mol. The van der Waals surface area contributed by atoms with Crippen molar-refractivity contribution >= 4 is 35.9 Å². The molecule has 12 nitrogen and oxygen atoms in total. The van der Waals surface area contributed by atoms with Crippen LogP contribution >= 0.6 is 12.4 Å². The Bertz CT molecular complexity index is 1610. The number of carbonyl (C=O) groups is 3. The first-order valence-corrected chi connectivity index (χ1v) is 15.2. The molecule has 2 aromatic carbocycles. The third kappa shape index (κ3) is 8.52. The van der Waals surface area contributed by atoms with Crippen molar-refractivity contribution in [2.24, 2.45) is 17.6 Å². The molecule has 1 aliphatic rings. The fourth-order valence-corrected chi connectivity index (χ4v) is 5.62. The first-order valence-electron chi connectivity index (χ1n) is 15.2. The second kappa shape index (κ2) is 16.1. The number of esters is 1. The Hall–Kier alpha value is -4.68. The first-order chi connectivity index (χ1) is 21.8. The fourth-order valence-electron chi connectivity index (χ4n) is 5.62. The van der Waals surface area contributed by atoms with E-state index in [-0.39, 0.29) is 42.4 Å². The summed E-state index contributed by atoms with van der Waals surface area (Å²) in [5, 5.41) is 19.9. The summed E-state index contributed by atoms with van der Waals surface area (Å²) in [6.45, 7) is 4.51. The van der Waals surface area contributed by atoms with Crippen molar-refractivity contribution in [1.82, 2.24) is 30.9 Å². The highest BCUT2D eigenvalue weighted by Crippen LogP contribution is 2.29. The zero-order valence-electron chi connectivity index (χ0n) is 25.9. The molecule has 0 saturated heterocycles. The highest BCUT2D eigenvalue weighted by molar-refractivity contribution is 5.97. The zero-order chi connectivity index (χ0) is 31.8. The van der Waals surface area contributed by atoms with Gasteiger partial charge in [0.25, 0.3) is 0 Å². The lowest BCUT2D eigenvalue weighted by Gasteiger charge is -2.28. The number of anilines is 1. The highest BCUT2D eigenvalue weighted by Gasteiger charge is 2.29. The Morgan fingerprint density at radius 1 is 0.978 bits per heavy atom. The van der Waals surface area contributed by atoms with Gasteiger partial charge >= 0.3 is 5.97 Å². The van der Waals surface area contributed by atoms with E-state index in [1.54, 1.807) is 37.3 Å². The van der Waals surface area contributed by atoms with Crippen LogP contribution in [0.5, 0.6) is 0 Å². The molecule has 1 saturated carbocycles. The van der Waals surface area contributed by atoms with Crippen LogP contribution in [0.2, 0.25) is 0 Å². The van der Waals surface area contributed by atoms with E-state index in [2.05, 4.69) is 36.2 Å². The Labute approximate surface area is 273 Å². The molecule has 5 N–H and O–H groups in total. The van der Waals surface area contributed by atoms with E-state index in [1.165, 1.54) is 0 Å². The zero-order valence-corrected chi connectivity index (χ0v) is 26.7. The molecule has 13 heteroatoms. The number of aromatic nitrogens is 5. The molecule has 1 fully saturated rings. The predicted octanol–water partition coefficient (Wildman–Crippen LogP) is 4.27. The summed E-state index contributed by atoms with van der Waals surface area (Å²) in [5.41, 5.74) is 10.8. The number of tetrazole rings is 1. The van der Waals surface area contributed by atoms with Gasteiger partial charge in [-0.05, 0) is 98.7 Å². The number of H-pyrrole nitrogens is 1. The number of carbonyl (C=O) groups excluding carboxylic acids is 3. The molecule has 0 spiro atoms. The van der Waals surface area contributed by atoms with Crippen LogP contribution in [0.15, 0.2) is 60.7 Å². The summed E-state index contributed by atoms with van der Waals surface area (Å²) in [6.07, 6.45) is 3.65. The van der Waals surface area contributed by atoms with Crippen LogP contribution < -0.4 is 16.4 Å². The number of amides is 2. The Morgan fingerprint density at radius 2 is 1.67 bits per heavy atom. The van der Waals surface area contributed by atoms with E-state index in [0.717, 1.165) is 47.9 Å². The number of hydrogen-bond acceptors (Lipinski definition) is 9. The summed E-state index contributed by atoms with van der Waals surface area (Å²) < 4.78 is 5.06. The van der Waals surface area contributed by atoms with Gasteiger partial charge in [-0.2, -0.15) is 5.21 Å². The van der Waals surface area contributed by atoms with Gasteiger partial charge in [0.15, 0.2) is 0 Å². The number of nitrogens with two attached hydrogens (primary N) is 1. The maximum atomic E-state index is 13.6. The smallest absolute Gasteiger partial charge is 0.356 e. The van der Waals surface area contributed by atoms with Gasteiger partial charge in [0.2, 0.25) is 17.6 Å². The minimum Gasteiger partial charge on any atom is -0.461 e. The van der Waals surface area contributed by atoms with Gasteiger partial charge in [-0.1, -0.05) is 30.3 Å². The Morgan fingerprint density at radius 3 is 2.28 bits per heavy atom. The van der Waals surface area contributed by atoms with Gasteiger partial charge in [0, 0.05) is 34.8 Å². The van der Waals surface area contributed by atoms with Gasteiger partial charge in [0.05, 0.1) is 6.61 Å². The fraction of sp³-hybridized carbons (Fsp3) is 0.364. The minimum atomic E-state index is -0.792. The molecule has 0 bridgehead atoms. The van der Waals surface area contributed by atoms with Crippen molar-refractivity contribution in [3.63, 3.8) is 0 Å². The lowest BCUT2D eigenvalue weighted by atomic mass is 9.81. The minimum absolute atomic E-state index is 0. The molecular weight excluding hydrogens is 608 g/mol. The standard InChI is InChI=1S/C33H38N8O4.ClH/c1-3-45-33(44)28-17-16-27(20(2)35-28)23-8-4-21(5-9-23)18-29(37-31(42)25-10-6-22(19-34)7-11-25)32(43)36-26-14-12-24(13-15-26)30-38-40-41-39-30;/h4-5,8-9,12-17,22,25,29H,3,6-7,10-11,18-19,34H2,1-2H3,(H,36,43)(H,37,42)(H,38,39,40,41);1H/t22-,25-,29-;/m0./s1. The molecule has 1 aliphatic carbocycles. The maximum Gasteiger partial charge on any atom is 0.356 e. The number of hydrogen-bond donors (Lipinski definition) is 4. The molecule has 4 aromatic rings. The van der Waals surface area contributed by atoms with E-state index in [0.29, 0.717) is 36.1 Å². The molecule has 2 aromatic heterocycles. The maximum absolute atomic E-state index is 13.6. The normalized spacial score (nSPS) is 16.5. The monoisotopic (exact) mass is 646 g/mol. The molecule has 0 aliphatic heterocycles. The van der Waals surface area contributed by atoms with Crippen molar-refractivity contribution in [1.29, 1.82) is 0 Å². The summed E-state index contributed by atoms with van der Waals surface area (Å²) in [5.74, 6) is -0.130. The molecule has 0 unspecified atom stereocenters. The molecule has 1 atom stereocenters. The molecule has 2 heterocycles. The summed E-state index contributed by atoms with van der Waals surface area (Å²) >= 11 is 0. The second-order valence-corrected chi connectivity index (χ2v) is 11.3. The molecule has 46 heavy (non-hydrogen) atoms. The molecule has 0 radical (unpaired) electrons. The third-order valence-electron chi connectivity index (χ3n) is 8.21. The van der Waals surface area contributed by atoms with Crippen molar-refractivity contribution in [3.8, 4) is 22.5 Å². The number of aryl methyl sites for hydroxylation is 1. The van der Waals surface area contributed by atoms with Crippen molar-refractivity contribution in [2.45, 2.75) is 52.0 Å². The topological polar surface area (TPSA) is 178 Å². The molecule has 2 amide bonds. The Kier molecular flexibility index (Phi) is 11.9. The third-order valence-corrected chi connectivity index (χ3v) is 8.21. The second-order valence-electron chi connectivity index (χ2n) is 11.3. The molecule has 242 valence electrons. The van der Waals surface area contributed by atoms with E-state index in [1.807, 2.05) is 37.3 Å². The van der Waals surface area contributed by atoms with E-state index in [9.17, 15) is 14.4 Å². The number of nitrogens with one attached hydrogen (secondary N) is 3. The number of rotatable bonds is 11. The van der Waals surface area contributed by atoms with Crippen molar-refractivity contribution in [3.05, 3.63) is 77.6 Å². The number of halogens is 1. The quantitative estimate of drug-likeness (QED) is 0.173. The van der Waals surface area contributed by atoms with E-state index >= 15 is 0 Å². The molecule has 5 rings (SSSR count). The van der Waals surface area contributed by atoms with Gasteiger partial charge in [-0.3, -0.25) is 9.59 Å².